The molecule has 30 heavy (non-hydrogen) atoms. The molecule has 1 saturated heterocycles. The van der Waals surface area contributed by atoms with Gasteiger partial charge in [0, 0.05) is 34.4 Å². The van der Waals surface area contributed by atoms with E-state index < -0.39 is 0 Å². The molecule has 1 N–H and O–H groups in total. The van der Waals surface area contributed by atoms with E-state index in [1.54, 1.807) is 28.8 Å². The summed E-state index contributed by atoms with van der Waals surface area (Å²) >= 11 is 1.73. The fourth-order valence-corrected chi connectivity index (χ4v) is 4.14. The summed E-state index contributed by atoms with van der Waals surface area (Å²) in [7, 11) is 0. The molecular weight excluding hydrogens is 400 g/mol. The van der Waals surface area contributed by atoms with Gasteiger partial charge in [-0.05, 0) is 36.4 Å². The first-order chi connectivity index (χ1) is 14.5. The average Bonchev–Trinajstić information content (AvgIpc) is 3.35. The van der Waals surface area contributed by atoms with Crippen molar-refractivity contribution in [1.82, 2.24) is 10.2 Å². The van der Waals surface area contributed by atoms with Crippen LogP contribution in [-0.2, 0) is 4.79 Å². The van der Waals surface area contributed by atoms with E-state index in [1.807, 2.05) is 42.5 Å². The SMILES string of the molecule is CC(C)Sc1ccc(C(=O)Nc2nnc(C3CC(=O)N(c4ccccc4)C3)o2)cc1. The molecule has 1 aromatic heterocycles. The van der Waals surface area contributed by atoms with Gasteiger partial charge in [-0.1, -0.05) is 37.1 Å². The lowest BCUT2D eigenvalue weighted by atomic mass is 10.1. The summed E-state index contributed by atoms with van der Waals surface area (Å²) in [5, 5.41) is 11.1. The normalized spacial score (nSPS) is 16.3. The Bertz CT molecular complexity index is 1030. The second-order valence-corrected chi connectivity index (χ2v) is 8.98. The van der Waals surface area contributed by atoms with Crippen molar-refractivity contribution in [3.05, 3.63) is 66.1 Å². The average molecular weight is 423 g/mol. The van der Waals surface area contributed by atoms with Crippen LogP contribution in [-0.4, -0.2) is 33.8 Å². The summed E-state index contributed by atoms with van der Waals surface area (Å²) in [5.74, 6) is -0.169. The Balaban J connectivity index is 1.39. The first-order valence-electron chi connectivity index (χ1n) is 9.76. The number of carbonyl (C=O) groups is 2. The van der Waals surface area contributed by atoms with Gasteiger partial charge in [0.15, 0.2) is 0 Å². The predicted octanol–water partition coefficient (Wildman–Crippen LogP) is 4.34. The highest BCUT2D eigenvalue weighted by molar-refractivity contribution is 7.99. The van der Waals surface area contributed by atoms with Gasteiger partial charge in [-0.15, -0.1) is 16.9 Å². The highest BCUT2D eigenvalue weighted by Gasteiger charge is 2.35. The summed E-state index contributed by atoms with van der Waals surface area (Å²) in [6, 6.07) is 16.9. The number of rotatable bonds is 6. The zero-order chi connectivity index (χ0) is 21.1. The Hall–Kier alpha value is -3.13. The molecule has 0 bridgehead atoms. The molecule has 0 radical (unpaired) electrons. The number of carbonyl (C=O) groups excluding carboxylic acids is 2. The number of nitrogens with one attached hydrogen (secondary N) is 1. The Labute approximate surface area is 178 Å². The van der Waals surface area contributed by atoms with E-state index >= 15 is 0 Å². The fraction of sp³-hybridized carbons (Fsp3) is 0.273. The summed E-state index contributed by atoms with van der Waals surface area (Å²) in [6.07, 6.45) is 0.291. The van der Waals surface area contributed by atoms with Crippen molar-refractivity contribution in [2.45, 2.75) is 36.3 Å². The Morgan fingerprint density at radius 2 is 1.87 bits per heavy atom. The van der Waals surface area contributed by atoms with Gasteiger partial charge >= 0.3 is 6.01 Å². The highest BCUT2D eigenvalue weighted by atomic mass is 32.2. The largest absolute Gasteiger partial charge is 0.407 e. The topological polar surface area (TPSA) is 88.3 Å². The molecule has 4 rings (SSSR count). The van der Waals surface area contributed by atoms with Gasteiger partial charge in [0.1, 0.15) is 0 Å². The van der Waals surface area contributed by atoms with Gasteiger partial charge in [-0.3, -0.25) is 14.9 Å². The number of thioether (sulfide) groups is 1. The van der Waals surface area contributed by atoms with E-state index in [2.05, 4.69) is 29.4 Å². The molecule has 8 heteroatoms. The second-order valence-electron chi connectivity index (χ2n) is 7.33. The molecule has 2 heterocycles. The molecule has 1 aliphatic rings. The number of aromatic nitrogens is 2. The van der Waals surface area contributed by atoms with Crippen LogP contribution in [0.5, 0.6) is 0 Å². The minimum atomic E-state index is -0.320. The van der Waals surface area contributed by atoms with Gasteiger partial charge in [0.25, 0.3) is 5.91 Å². The fourth-order valence-electron chi connectivity index (χ4n) is 3.31. The van der Waals surface area contributed by atoms with Gasteiger partial charge in [0.05, 0.1) is 5.92 Å². The van der Waals surface area contributed by atoms with Crippen LogP contribution < -0.4 is 10.2 Å². The maximum Gasteiger partial charge on any atom is 0.322 e. The van der Waals surface area contributed by atoms with Crippen LogP contribution in [0.2, 0.25) is 0 Å². The summed E-state index contributed by atoms with van der Waals surface area (Å²) in [5.41, 5.74) is 1.35. The van der Waals surface area contributed by atoms with Crippen molar-refractivity contribution in [1.29, 1.82) is 0 Å². The molecule has 1 aliphatic heterocycles. The third-order valence-corrected chi connectivity index (χ3v) is 5.71. The van der Waals surface area contributed by atoms with E-state index in [1.165, 1.54) is 0 Å². The van der Waals surface area contributed by atoms with Crippen molar-refractivity contribution < 1.29 is 14.0 Å². The lowest BCUT2D eigenvalue weighted by Crippen LogP contribution is -2.24. The van der Waals surface area contributed by atoms with Gasteiger partial charge in [-0.2, -0.15) is 0 Å². The standard InChI is InChI=1S/C22H22N4O3S/c1-14(2)30-18-10-8-15(9-11-18)20(28)23-22-25-24-21(29-22)16-12-19(27)26(13-16)17-6-4-3-5-7-17/h3-11,14,16H,12-13H2,1-2H3,(H,23,25,28). The molecule has 0 aliphatic carbocycles. The molecule has 1 atom stereocenters. The highest BCUT2D eigenvalue weighted by Crippen LogP contribution is 2.31. The minimum absolute atomic E-state index is 0.00865. The molecule has 2 amide bonds. The number of hydrogen-bond donors (Lipinski definition) is 1. The van der Waals surface area contributed by atoms with Crippen molar-refractivity contribution in [3.8, 4) is 0 Å². The van der Waals surface area contributed by atoms with E-state index in [-0.39, 0.29) is 23.7 Å². The van der Waals surface area contributed by atoms with E-state index in [4.69, 9.17) is 4.42 Å². The molecule has 2 aromatic carbocycles. The molecular formula is C22H22N4O3S. The summed E-state index contributed by atoms with van der Waals surface area (Å²) in [6.45, 7) is 4.71. The first-order valence-corrected chi connectivity index (χ1v) is 10.6. The van der Waals surface area contributed by atoms with Crippen LogP contribution in [0, 0.1) is 0 Å². The Morgan fingerprint density at radius 1 is 1.13 bits per heavy atom. The van der Waals surface area contributed by atoms with Gasteiger partial charge in [0.2, 0.25) is 11.8 Å². The maximum absolute atomic E-state index is 12.5. The van der Waals surface area contributed by atoms with Crippen LogP contribution in [0.3, 0.4) is 0 Å². The molecule has 7 nitrogen and oxygen atoms in total. The zero-order valence-electron chi connectivity index (χ0n) is 16.7. The van der Waals surface area contributed by atoms with Crippen LogP contribution in [0.4, 0.5) is 11.7 Å². The van der Waals surface area contributed by atoms with E-state index in [0.29, 0.717) is 29.7 Å². The lowest BCUT2D eigenvalue weighted by molar-refractivity contribution is -0.117. The summed E-state index contributed by atoms with van der Waals surface area (Å²) < 4.78 is 5.63. The molecule has 3 aromatic rings. The van der Waals surface area contributed by atoms with Crippen LogP contribution in [0.1, 0.15) is 42.4 Å². The molecule has 1 fully saturated rings. The molecule has 1 unspecified atom stereocenters. The van der Waals surface area contributed by atoms with Crippen molar-refractivity contribution in [2.24, 2.45) is 0 Å². The van der Waals surface area contributed by atoms with E-state index in [0.717, 1.165) is 10.6 Å². The second kappa shape index (κ2) is 8.71. The Kier molecular flexibility index (Phi) is 5.85. The maximum atomic E-state index is 12.5. The number of hydrogen-bond acceptors (Lipinski definition) is 6. The number of nitrogens with zero attached hydrogens (tertiary/aromatic N) is 3. The monoisotopic (exact) mass is 422 g/mol. The van der Waals surface area contributed by atoms with Gasteiger partial charge < -0.3 is 9.32 Å². The summed E-state index contributed by atoms with van der Waals surface area (Å²) in [4.78, 5) is 27.7. The van der Waals surface area contributed by atoms with Crippen molar-refractivity contribution >= 4 is 35.3 Å². The third-order valence-electron chi connectivity index (χ3n) is 4.69. The predicted molar refractivity (Wildman–Crippen MR) is 116 cm³/mol. The zero-order valence-corrected chi connectivity index (χ0v) is 17.6. The molecule has 154 valence electrons. The number of anilines is 2. The van der Waals surface area contributed by atoms with Crippen LogP contribution >= 0.6 is 11.8 Å². The number of para-hydroxylation sites is 1. The molecule has 0 spiro atoms. The van der Waals surface area contributed by atoms with Gasteiger partial charge in [-0.25, -0.2) is 0 Å². The first kappa shape index (κ1) is 20.2. The smallest absolute Gasteiger partial charge is 0.322 e. The van der Waals surface area contributed by atoms with E-state index in [9.17, 15) is 9.59 Å². The minimum Gasteiger partial charge on any atom is -0.407 e. The van der Waals surface area contributed by atoms with Crippen LogP contribution in [0.25, 0.3) is 0 Å². The lowest BCUT2D eigenvalue weighted by Gasteiger charge is -2.15. The third kappa shape index (κ3) is 4.54. The number of amides is 2. The quantitative estimate of drug-likeness (QED) is 0.595. The van der Waals surface area contributed by atoms with Crippen molar-refractivity contribution in [3.63, 3.8) is 0 Å². The van der Waals surface area contributed by atoms with Crippen LogP contribution in [0.15, 0.2) is 63.9 Å². The number of benzene rings is 2. The Morgan fingerprint density at radius 3 is 2.57 bits per heavy atom. The molecule has 0 saturated carbocycles. The van der Waals surface area contributed by atoms with Crippen molar-refractivity contribution in [2.75, 3.05) is 16.8 Å².